The first-order valence-corrected chi connectivity index (χ1v) is 9.11. The van der Waals surface area contributed by atoms with Gasteiger partial charge in [0, 0.05) is 18.3 Å². The van der Waals surface area contributed by atoms with Crippen LogP contribution in [0.15, 0.2) is 48.5 Å². The van der Waals surface area contributed by atoms with Gasteiger partial charge in [-0.05, 0) is 50.2 Å². The van der Waals surface area contributed by atoms with E-state index in [1.54, 1.807) is 48.5 Å². The second-order valence-electron chi connectivity index (χ2n) is 6.05. The van der Waals surface area contributed by atoms with Gasteiger partial charge in [0.15, 0.2) is 24.2 Å². The Balaban J connectivity index is 1.82. The summed E-state index contributed by atoms with van der Waals surface area (Å²) in [4.78, 5) is 35.2. The van der Waals surface area contributed by atoms with Gasteiger partial charge in [0.25, 0.3) is 5.91 Å². The molecule has 8 nitrogen and oxygen atoms in total. The van der Waals surface area contributed by atoms with E-state index in [2.05, 4.69) is 10.6 Å². The van der Waals surface area contributed by atoms with E-state index in [9.17, 15) is 14.4 Å². The number of hydrogen-bond acceptors (Lipinski definition) is 6. The van der Waals surface area contributed by atoms with Crippen LogP contribution >= 0.6 is 0 Å². The van der Waals surface area contributed by atoms with E-state index < -0.39 is 18.0 Å². The lowest BCUT2D eigenvalue weighted by atomic mass is 10.2. The predicted molar refractivity (Wildman–Crippen MR) is 108 cm³/mol. The first kappa shape index (κ1) is 21.7. The fourth-order valence-corrected chi connectivity index (χ4v) is 2.35. The van der Waals surface area contributed by atoms with E-state index in [1.807, 2.05) is 6.92 Å². The number of ether oxygens (including phenoxy) is 3. The van der Waals surface area contributed by atoms with Crippen LogP contribution in [0.4, 0.5) is 11.4 Å². The summed E-state index contributed by atoms with van der Waals surface area (Å²) < 4.78 is 16.0. The van der Waals surface area contributed by atoms with Gasteiger partial charge in [-0.15, -0.1) is 0 Å². The summed E-state index contributed by atoms with van der Waals surface area (Å²) in [6.07, 6.45) is -1.01. The average molecular weight is 400 g/mol. The lowest BCUT2D eigenvalue weighted by molar-refractivity contribution is -0.155. The van der Waals surface area contributed by atoms with Crippen LogP contribution in [0, 0.1) is 0 Å². The maximum Gasteiger partial charge on any atom is 0.344 e. The van der Waals surface area contributed by atoms with E-state index in [-0.39, 0.29) is 12.5 Å². The number of esters is 1. The molecule has 0 aromatic heterocycles. The van der Waals surface area contributed by atoms with Gasteiger partial charge in [0.1, 0.15) is 0 Å². The predicted octanol–water partition coefficient (Wildman–Crippen LogP) is 2.99. The summed E-state index contributed by atoms with van der Waals surface area (Å²) in [5.74, 6) is -0.410. The van der Waals surface area contributed by atoms with E-state index in [1.165, 1.54) is 13.8 Å². The molecular weight excluding hydrogens is 376 g/mol. The molecule has 0 spiro atoms. The highest BCUT2D eigenvalue weighted by Gasteiger charge is 2.19. The minimum atomic E-state index is -1.01. The van der Waals surface area contributed by atoms with Gasteiger partial charge in [-0.2, -0.15) is 0 Å². The van der Waals surface area contributed by atoms with Gasteiger partial charge < -0.3 is 24.8 Å². The van der Waals surface area contributed by atoms with Gasteiger partial charge in [-0.25, -0.2) is 4.79 Å². The number of amides is 2. The van der Waals surface area contributed by atoms with Crippen molar-refractivity contribution in [2.45, 2.75) is 26.9 Å². The van der Waals surface area contributed by atoms with Crippen molar-refractivity contribution in [3.63, 3.8) is 0 Å². The Morgan fingerprint density at radius 3 is 2.00 bits per heavy atom. The van der Waals surface area contributed by atoms with Gasteiger partial charge in [-0.1, -0.05) is 12.1 Å². The van der Waals surface area contributed by atoms with Crippen LogP contribution in [-0.2, 0) is 19.1 Å². The standard InChI is InChI=1S/C21H24N2O6/c1-4-27-18-7-5-6-8-19(18)28-13-20(25)29-14(2)21(26)23-17-11-9-16(10-12-17)22-15(3)24/h5-12,14H,4,13H2,1-3H3,(H,22,24)(H,23,26)/t14-/m1/s1. The zero-order chi connectivity index (χ0) is 21.2. The summed E-state index contributed by atoms with van der Waals surface area (Å²) in [5.41, 5.74) is 1.12. The monoisotopic (exact) mass is 400 g/mol. The molecule has 0 radical (unpaired) electrons. The van der Waals surface area contributed by atoms with Gasteiger partial charge in [0.2, 0.25) is 5.91 Å². The molecule has 0 saturated carbocycles. The molecule has 2 N–H and O–H groups in total. The van der Waals surface area contributed by atoms with Gasteiger partial charge >= 0.3 is 5.97 Å². The number of rotatable bonds is 9. The highest BCUT2D eigenvalue weighted by atomic mass is 16.6. The minimum Gasteiger partial charge on any atom is -0.490 e. The van der Waals surface area contributed by atoms with E-state index >= 15 is 0 Å². The molecule has 0 heterocycles. The molecule has 2 aromatic carbocycles. The zero-order valence-electron chi connectivity index (χ0n) is 16.6. The number of benzene rings is 2. The van der Waals surface area contributed by atoms with Gasteiger partial charge in [0.05, 0.1) is 6.61 Å². The summed E-state index contributed by atoms with van der Waals surface area (Å²) in [6.45, 7) is 4.83. The number of carbonyl (C=O) groups excluding carboxylic acids is 3. The van der Waals surface area contributed by atoms with Crippen molar-refractivity contribution >= 4 is 29.2 Å². The maximum atomic E-state index is 12.2. The van der Waals surface area contributed by atoms with Gasteiger partial charge in [-0.3, -0.25) is 9.59 Å². The smallest absolute Gasteiger partial charge is 0.344 e. The summed E-state index contributed by atoms with van der Waals surface area (Å²) in [5, 5.41) is 5.27. The van der Waals surface area contributed by atoms with Crippen molar-refractivity contribution in [3.05, 3.63) is 48.5 Å². The number of carbonyl (C=O) groups is 3. The number of anilines is 2. The molecule has 0 saturated heterocycles. The number of nitrogens with one attached hydrogen (secondary N) is 2. The van der Waals surface area contributed by atoms with Crippen LogP contribution in [0.2, 0.25) is 0 Å². The molecule has 0 unspecified atom stereocenters. The van der Waals surface area contributed by atoms with E-state index in [0.29, 0.717) is 29.5 Å². The van der Waals surface area contributed by atoms with Crippen molar-refractivity contribution in [1.82, 2.24) is 0 Å². The molecule has 154 valence electrons. The highest BCUT2D eigenvalue weighted by molar-refractivity contribution is 5.95. The Labute approximate surface area is 169 Å². The van der Waals surface area contributed by atoms with Crippen molar-refractivity contribution in [3.8, 4) is 11.5 Å². The average Bonchev–Trinajstić information content (AvgIpc) is 2.68. The molecule has 0 fully saturated rings. The van der Waals surface area contributed by atoms with Crippen LogP contribution in [0.1, 0.15) is 20.8 Å². The fraction of sp³-hybridized carbons (Fsp3) is 0.286. The molecule has 2 rings (SSSR count). The summed E-state index contributed by atoms with van der Waals surface area (Å²) >= 11 is 0. The van der Waals surface area contributed by atoms with Crippen LogP contribution in [0.5, 0.6) is 11.5 Å². The Kier molecular flexibility index (Phi) is 8.02. The molecule has 29 heavy (non-hydrogen) atoms. The fourth-order valence-electron chi connectivity index (χ4n) is 2.35. The first-order valence-electron chi connectivity index (χ1n) is 9.11. The van der Waals surface area contributed by atoms with Crippen LogP contribution in [0.25, 0.3) is 0 Å². The molecule has 0 aliphatic heterocycles. The molecule has 2 aromatic rings. The van der Waals surface area contributed by atoms with Crippen molar-refractivity contribution in [2.24, 2.45) is 0 Å². The highest BCUT2D eigenvalue weighted by Crippen LogP contribution is 2.26. The van der Waals surface area contributed by atoms with E-state index in [4.69, 9.17) is 14.2 Å². The van der Waals surface area contributed by atoms with Crippen molar-refractivity contribution in [1.29, 1.82) is 0 Å². The van der Waals surface area contributed by atoms with Crippen LogP contribution in [-0.4, -0.2) is 37.1 Å². The second-order valence-corrected chi connectivity index (χ2v) is 6.05. The van der Waals surface area contributed by atoms with Crippen LogP contribution in [0.3, 0.4) is 0 Å². The van der Waals surface area contributed by atoms with Crippen molar-refractivity contribution < 1.29 is 28.6 Å². The zero-order valence-corrected chi connectivity index (χ0v) is 16.6. The molecule has 0 bridgehead atoms. The Bertz CT molecular complexity index is 851. The molecule has 0 aliphatic rings. The third kappa shape index (κ3) is 7.17. The lowest BCUT2D eigenvalue weighted by Crippen LogP contribution is -2.31. The second kappa shape index (κ2) is 10.7. The van der Waals surface area contributed by atoms with Crippen LogP contribution < -0.4 is 20.1 Å². The third-order valence-corrected chi connectivity index (χ3v) is 3.64. The largest absolute Gasteiger partial charge is 0.490 e. The molecular formula is C21H24N2O6. The third-order valence-electron chi connectivity index (χ3n) is 3.64. The summed E-state index contributed by atoms with van der Waals surface area (Å²) in [6, 6.07) is 13.5. The normalized spacial score (nSPS) is 11.1. The summed E-state index contributed by atoms with van der Waals surface area (Å²) in [7, 11) is 0. The number of hydrogen-bond donors (Lipinski definition) is 2. The Hall–Kier alpha value is -3.55. The SMILES string of the molecule is CCOc1ccccc1OCC(=O)O[C@H](C)C(=O)Nc1ccc(NC(C)=O)cc1. The minimum absolute atomic E-state index is 0.187. The maximum absolute atomic E-state index is 12.2. The molecule has 8 heteroatoms. The Morgan fingerprint density at radius 2 is 1.45 bits per heavy atom. The molecule has 1 atom stereocenters. The van der Waals surface area contributed by atoms with Crippen molar-refractivity contribution in [2.75, 3.05) is 23.8 Å². The topological polar surface area (TPSA) is 103 Å². The molecule has 2 amide bonds. The number of para-hydroxylation sites is 2. The lowest BCUT2D eigenvalue weighted by Gasteiger charge is -2.15. The first-order chi connectivity index (χ1) is 13.9. The molecule has 0 aliphatic carbocycles. The quantitative estimate of drug-likeness (QED) is 0.627. The van der Waals surface area contributed by atoms with E-state index in [0.717, 1.165) is 0 Å². The Morgan fingerprint density at radius 1 is 0.897 bits per heavy atom.